The van der Waals surface area contributed by atoms with Gasteiger partial charge in [-0.1, -0.05) is 40.9 Å². The zero-order valence-corrected chi connectivity index (χ0v) is 18.6. The molecule has 2 aromatic carbocycles. The second-order valence-corrected chi connectivity index (χ2v) is 9.62. The maximum atomic E-state index is 13.0. The number of benzene rings is 2. The number of hydrogen-bond donors (Lipinski definition) is 0. The number of sulfonamides is 1. The van der Waals surface area contributed by atoms with Gasteiger partial charge in [0.25, 0.3) is 0 Å². The molecular formula is C20H21Cl2NO5S. The van der Waals surface area contributed by atoms with Gasteiger partial charge >= 0.3 is 5.97 Å². The fourth-order valence-corrected chi connectivity index (χ4v) is 5.52. The smallest absolute Gasteiger partial charge is 0.345 e. The molecule has 3 rings (SSSR count). The number of esters is 1. The van der Waals surface area contributed by atoms with E-state index < -0.39 is 16.0 Å². The Kier molecular flexibility index (Phi) is 6.55. The Morgan fingerprint density at radius 1 is 1.00 bits per heavy atom. The first kappa shape index (κ1) is 22.1. The molecule has 0 radical (unpaired) electrons. The van der Waals surface area contributed by atoms with Crippen molar-refractivity contribution in [1.82, 2.24) is 4.31 Å². The molecule has 2 aromatic rings. The van der Waals surface area contributed by atoms with Crippen LogP contribution in [0.1, 0.15) is 27.0 Å². The molecule has 156 valence electrons. The number of carbonyl (C=O) groups excluding carboxylic acids is 1. The van der Waals surface area contributed by atoms with Crippen LogP contribution in [0.4, 0.5) is 0 Å². The van der Waals surface area contributed by atoms with Crippen molar-refractivity contribution < 1.29 is 22.7 Å². The summed E-state index contributed by atoms with van der Waals surface area (Å²) in [5.41, 5.74) is 2.56. The second kappa shape index (κ2) is 8.62. The van der Waals surface area contributed by atoms with E-state index in [-0.39, 0.29) is 33.6 Å². The minimum atomic E-state index is -3.91. The SMILES string of the molecule is Cc1cc(C)c(OC(=O)c2cc(S(=O)(=O)N3CCOCC3)c(Cl)cc2Cl)c(C)c1. The highest BCUT2D eigenvalue weighted by molar-refractivity contribution is 7.89. The van der Waals surface area contributed by atoms with Gasteiger partial charge in [0.05, 0.1) is 28.8 Å². The lowest BCUT2D eigenvalue weighted by molar-refractivity contribution is 0.0726. The number of nitrogens with zero attached hydrogens (tertiary/aromatic N) is 1. The largest absolute Gasteiger partial charge is 0.422 e. The van der Waals surface area contributed by atoms with Gasteiger partial charge in [0.2, 0.25) is 10.0 Å². The third kappa shape index (κ3) is 4.59. The van der Waals surface area contributed by atoms with E-state index in [1.807, 2.05) is 32.9 Å². The van der Waals surface area contributed by atoms with Gasteiger partial charge < -0.3 is 9.47 Å². The molecule has 1 heterocycles. The maximum Gasteiger partial charge on any atom is 0.345 e. The van der Waals surface area contributed by atoms with Gasteiger partial charge in [-0.05, 0) is 44.0 Å². The molecule has 0 aliphatic carbocycles. The molecule has 0 aromatic heterocycles. The predicted molar refractivity (Wildman–Crippen MR) is 112 cm³/mol. The summed E-state index contributed by atoms with van der Waals surface area (Å²) in [6.07, 6.45) is 0. The van der Waals surface area contributed by atoms with Crippen molar-refractivity contribution in [3.63, 3.8) is 0 Å². The normalized spacial score (nSPS) is 15.3. The Morgan fingerprint density at radius 3 is 2.17 bits per heavy atom. The topological polar surface area (TPSA) is 72.9 Å². The molecule has 0 bridgehead atoms. The molecule has 29 heavy (non-hydrogen) atoms. The Bertz CT molecular complexity index is 1040. The van der Waals surface area contributed by atoms with Gasteiger partial charge in [0, 0.05) is 13.1 Å². The second-order valence-electron chi connectivity index (χ2n) is 6.90. The number of ether oxygens (including phenoxy) is 2. The van der Waals surface area contributed by atoms with Crippen molar-refractivity contribution in [1.29, 1.82) is 0 Å². The van der Waals surface area contributed by atoms with Crippen LogP contribution in [0.5, 0.6) is 5.75 Å². The molecule has 1 aliphatic rings. The first-order chi connectivity index (χ1) is 13.6. The van der Waals surface area contributed by atoms with Crippen LogP contribution in [0, 0.1) is 20.8 Å². The Hall–Kier alpha value is -1.64. The van der Waals surface area contributed by atoms with Crippen LogP contribution in [0.25, 0.3) is 0 Å². The fraction of sp³-hybridized carbons (Fsp3) is 0.350. The summed E-state index contributed by atoms with van der Waals surface area (Å²) in [6.45, 7) is 6.63. The number of morpholine rings is 1. The van der Waals surface area contributed by atoms with E-state index in [4.69, 9.17) is 32.7 Å². The summed E-state index contributed by atoms with van der Waals surface area (Å²) in [4.78, 5) is 12.6. The summed E-state index contributed by atoms with van der Waals surface area (Å²) in [7, 11) is -3.91. The van der Waals surface area contributed by atoms with Crippen molar-refractivity contribution in [3.05, 3.63) is 56.6 Å². The van der Waals surface area contributed by atoms with Crippen LogP contribution in [-0.2, 0) is 14.8 Å². The maximum absolute atomic E-state index is 13.0. The van der Waals surface area contributed by atoms with Gasteiger partial charge in [-0.25, -0.2) is 13.2 Å². The highest BCUT2D eigenvalue weighted by Gasteiger charge is 2.30. The van der Waals surface area contributed by atoms with E-state index in [2.05, 4.69) is 0 Å². The minimum Gasteiger partial charge on any atom is -0.422 e. The average Bonchev–Trinajstić information content (AvgIpc) is 2.65. The fourth-order valence-electron chi connectivity index (χ4n) is 3.28. The molecule has 0 saturated carbocycles. The van der Waals surface area contributed by atoms with E-state index in [1.165, 1.54) is 16.4 Å². The van der Waals surface area contributed by atoms with Crippen LogP contribution < -0.4 is 4.74 Å². The zero-order valence-electron chi connectivity index (χ0n) is 16.3. The van der Waals surface area contributed by atoms with Gasteiger partial charge in [0.1, 0.15) is 10.6 Å². The standard InChI is InChI=1S/C20H21Cl2NO5S/c1-12-8-13(2)19(14(3)9-12)28-20(24)15-10-18(17(22)11-16(15)21)29(25,26)23-4-6-27-7-5-23/h8-11H,4-7H2,1-3H3. The highest BCUT2D eigenvalue weighted by atomic mass is 35.5. The first-order valence-corrected chi connectivity index (χ1v) is 11.2. The first-order valence-electron chi connectivity index (χ1n) is 8.98. The van der Waals surface area contributed by atoms with E-state index in [0.717, 1.165) is 16.7 Å². The lowest BCUT2D eigenvalue weighted by Crippen LogP contribution is -2.40. The Balaban J connectivity index is 1.98. The van der Waals surface area contributed by atoms with Gasteiger partial charge in [-0.3, -0.25) is 0 Å². The van der Waals surface area contributed by atoms with Crippen molar-refractivity contribution >= 4 is 39.2 Å². The van der Waals surface area contributed by atoms with Gasteiger partial charge in [-0.2, -0.15) is 4.31 Å². The van der Waals surface area contributed by atoms with Crippen molar-refractivity contribution in [2.45, 2.75) is 25.7 Å². The summed E-state index contributed by atoms with van der Waals surface area (Å²) in [6, 6.07) is 6.22. The molecule has 1 saturated heterocycles. The molecule has 0 atom stereocenters. The molecule has 0 amide bonds. The van der Waals surface area contributed by atoms with E-state index >= 15 is 0 Å². The lowest BCUT2D eigenvalue weighted by atomic mass is 10.1. The van der Waals surface area contributed by atoms with Gasteiger partial charge in [-0.15, -0.1) is 0 Å². The molecular weight excluding hydrogens is 437 g/mol. The van der Waals surface area contributed by atoms with Crippen molar-refractivity contribution in [2.75, 3.05) is 26.3 Å². The molecule has 1 aliphatic heterocycles. The summed E-state index contributed by atoms with van der Waals surface area (Å²) in [5.74, 6) is -0.329. The van der Waals surface area contributed by atoms with Crippen LogP contribution >= 0.6 is 23.2 Å². The van der Waals surface area contributed by atoms with E-state index in [1.54, 1.807) is 0 Å². The molecule has 6 nitrogen and oxygen atoms in total. The summed E-state index contributed by atoms with van der Waals surface area (Å²) >= 11 is 12.4. The number of halogens is 2. The predicted octanol–water partition coefficient (Wildman–Crippen LogP) is 4.16. The van der Waals surface area contributed by atoms with Crippen LogP contribution in [0.15, 0.2) is 29.2 Å². The molecule has 1 fully saturated rings. The average molecular weight is 458 g/mol. The molecule has 9 heteroatoms. The quantitative estimate of drug-likeness (QED) is 0.508. The number of hydrogen-bond acceptors (Lipinski definition) is 5. The minimum absolute atomic E-state index is 0.0170. The number of aryl methyl sites for hydroxylation is 3. The number of rotatable bonds is 4. The van der Waals surface area contributed by atoms with E-state index in [9.17, 15) is 13.2 Å². The van der Waals surface area contributed by atoms with Crippen LogP contribution in [0.3, 0.4) is 0 Å². The Labute approximate surface area is 180 Å². The van der Waals surface area contributed by atoms with Gasteiger partial charge in [0.15, 0.2) is 0 Å². The third-order valence-electron chi connectivity index (χ3n) is 4.63. The third-order valence-corrected chi connectivity index (χ3v) is 7.30. The summed E-state index contributed by atoms with van der Waals surface area (Å²) < 4.78 is 38.0. The zero-order chi connectivity index (χ0) is 21.3. The highest BCUT2D eigenvalue weighted by Crippen LogP contribution is 2.32. The van der Waals surface area contributed by atoms with Crippen LogP contribution in [0.2, 0.25) is 10.0 Å². The monoisotopic (exact) mass is 457 g/mol. The number of carbonyl (C=O) groups is 1. The van der Waals surface area contributed by atoms with Crippen LogP contribution in [-0.4, -0.2) is 45.0 Å². The van der Waals surface area contributed by atoms with Crippen molar-refractivity contribution in [2.24, 2.45) is 0 Å². The van der Waals surface area contributed by atoms with Crippen molar-refractivity contribution in [3.8, 4) is 5.75 Å². The Morgan fingerprint density at radius 2 is 1.59 bits per heavy atom. The summed E-state index contributed by atoms with van der Waals surface area (Å²) in [5, 5.41) is -0.0379. The molecule has 0 unspecified atom stereocenters. The molecule has 0 spiro atoms. The lowest BCUT2D eigenvalue weighted by Gasteiger charge is -2.26. The molecule has 0 N–H and O–H groups in total. The van der Waals surface area contributed by atoms with E-state index in [0.29, 0.717) is 19.0 Å².